The minimum atomic E-state index is -8.16. The maximum absolute atomic E-state index is 17.1. The van der Waals surface area contributed by atoms with Crippen molar-refractivity contribution >= 4 is 6.15 Å². The number of halogens is 20. The Morgan fingerprint density at radius 3 is 0.667 bits per heavy atom. The van der Waals surface area contributed by atoms with Gasteiger partial charge in [0.25, 0.3) is 0 Å². The summed E-state index contributed by atoms with van der Waals surface area (Å²) in [7, 11) is 0. The molecule has 0 saturated carbocycles. The lowest BCUT2D eigenvalue weighted by Crippen LogP contribution is -2.92. The molecule has 21 heteroatoms. The van der Waals surface area contributed by atoms with Gasteiger partial charge < -0.3 is 0 Å². The molecule has 0 bridgehead atoms. The average Bonchev–Trinajstić information content (AvgIpc) is 2.97. The molecular weight excluding hydrogens is 679 g/mol. The normalized spacial score (nSPS) is 41.2. The van der Waals surface area contributed by atoms with Crippen molar-refractivity contribution in [3.63, 3.8) is 0 Å². The zero-order chi connectivity index (χ0) is 34.6. The van der Waals surface area contributed by atoms with Gasteiger partial charge in [-0.05, 0) is 24.3 Å². The highest BCUT2D eigenvalue weighted by Gasteiger charge is 2.85. The van der Waals surface area contributed by atoms with Crippen LogP contribution in [-0.2, 0) is 0 Å². The van der Waals surface area contributed by atoms with Crippen LogP contribution in [0.3, 0.4) is 0 Å². The topological polar surface area (TPSA) is 0 Å². The smallest absolute Gasteiger partial charge is 0.198 e. The summed E-state index contributed by atoms with van der Waals surface area (Å²) in [4.78, 5) is 0. The third kappa shape index (κ3) is 3.89. The Morgan fingerprint density at radius 2 is 0.511 bits per heavy atom. The molecule has 0 saturated heterocycles. The van der Waals surface area contributed by atoms with E-state index in [0.717, 1.165) is 0 Å². The molecule has 248 valence electrons. The van der Waals surface area contributed by atoms with Gasteiger partial charge in [-0.15, -0.1) is 0 Å². The molecule has 0 radical (unpaired) electrons. The average molecular weight is 687 g/mol. The number of hydrogen-bond acceptors (Lipinski definition) is 0. The Balaban J connectivity index is 2.43. The molecule has 0 aliphatic heterocycles. The first-order valence-electron chi connectivity index (χ1n) is 11.7. The zero-order valence-electron chi connectivity index (χ0n) is 20.8. The first-order chi connectivity index (χ1) is 20.4. The van der Waals surface area contributed by atoms with E-state index < -0.39 is 147 Å². The van der Waals surface area contributed by atoms with Crippen LogP contribution in [0.4, 0.5) is 87.8 Å². The molecule has 0 fully saturated rings. The summed E-state index contributed by atoms with van der Waals surface area (Å²) in [5.74, 6) is -40.9. The van der Waals surface area contributed by atoms with E-state index in [2.05, 4.69) is 0 Å². The molecule has 0 spiro atoms. The van der Waals surface area contributed by atoms with E-state index in [9.17, 15) is 52.7 Å². The highest BCUT2D eigenvalue weighted by molar-refractivity contribution is 6.92. The van der Waals surface area contributed by atoms with E-state index in [0.29, 0.717) is 0 Å². The summed E-state index contributed by atoms with van der Waals surface area (Å²) in [5.41, 5.74) is -25.9. The maximum Gasteiger partial charge on any atom is 0.198 e. The molecule has 8 atom stereocenters. The van der Waals surface area contributed by atoms with Gasteiger partial charge in [0.2, 0.25) is 0 Å². The molecule has 4 rings (SSSR count). The molecule has 0 aromatic carbocycles. The van der Waals surface area contributed by atoms with Crippen LogP contribution in [-0.4, -0.2) is 53.1 Å². The van der Waals surface area contributed by atoms with Gasteiger partial charge in [-0.3, -0.25) is 17.6 Å². The predicted molar refractivity (Wildman–Crippen MR) is 114 cm³/mol. The number of alkyl halides is 8. The van der Waals surface area contributed by atoms with Gasteiger partial charge >= 0.3 is 0 Å². The molecule has 4 aliphatic carbocycles. The molecule has 0 aromatic rings. The molecule has 45 heavy (non-hydrogen) atoms. The van der Waals surface area contributed by atoms with E-state index >= 15 is 35.1 Å². The molecule has 0 heterocycles. The second kappa shape index (κ2) is 10.3. The fraction of sp³-hybridized carbons (Fsp3) is 0.333. The molecular formula is C24H8BF20-. The summed E-state index contributed by atoms with van der Waals surface area (Å²) < 4.78 is 302. The Bertz CT molecular complexity index is 1380. The predicted octanol–water partition coefficient (Wildman–Crippen LogP) is 9.85. The molecule has 0 N–H and O–H groups in total. The third-order valence-corrected chi connectivity index (χ3v) is 8.17. The van der Waals surface area contributed by atoms with Gasteiger partial charge in [-0.25, -0.2) is 70.2 Å². The standard InChI is InChI=1S/C24H8BF20/c26-5-1-21(42,17(38)13(34)9(5)30)25(22(43)2-6(27)10(31)14(35)18(22)39,23(44)3-7(28)11(32)15(36)19(23)40)24(45)4-8(29)12(33)16(37)20(24)41/h1-4,17-20H/q-1. The van der Waals surface area contributed by atoms with E-state index in [1.165, 1.54) is 0 Å². The van der Waals surface area contributed by atoms with Crippen LogP contribution in [0.2, 0.25) is 0 Å². The lowest BCUT2D eigenvalue weighted by molar-refractivity contribution is 0.0326. The molecule has 8 unspecified atom stereocenters. The van der Waals surface area contributed by atoms with Crippen molar-refractivity contribution in [2.24, 2.45) is 0 Å². The lowest BCUT2D eigenvalue weighted by atomic mass is 8.98. The summed E-state index contributed by atoms with van der Waals surface area (Å²) >= 11 is 0. The van der Waals surface area contributed by atoms with Crippen LogP contribution < -0.4 is 0 Å². The second-order valence-electron chi connectivity index (χ2n) is 10.2. The van der Waals surface area contributed by atoms with Gasteiger partial charge in [-0.1, -0.05) is 0 Å². The summed E-state index contributed by atoms with van der Waals surface area (Å²) in [6.07, 6.45) is -36.3. The fourth-order valence-electron chi connectivity index (χ4n) is 6.41. The highest BCUT2D eigenvalue weighted by Crippen LogP contribution is 2.67. The lowest BCUT2D eigenvalue weighted by Gasteiger charge is -2.69. The molecule has 0 nitrogen and oxygen atoms in total. The van der Waals surface area contributed by atoms with Crippen molar-refractivity contribution in [1.82, 2.24) is 0 Å². The Hall–Kier alpha value is -3.42. The van der Waals surface area contributed by atoms with Gasteiger partial charge in [0.05, 0.1) is 22.3 Å². The summed E-state index contributed by atoms with van der Waals surface area (Å²) in [6.45, 7) is 0. The SMILES string of the molecule is FC1=CC(F)([B-](C2(F)C=C(F)C(F)=C(F)C2F)(C2(F)C=C(F)C(F)=C(F)C2F)C2(F)C=C(F)C(F)=C(F)C2F)C(F)C(F)=C1F. The number of allylic oxidation sites excluding steroid dienone is 16. The quantitative estimate of drug-likeness (QED) is 0.204. The first kappa shape index (κ1) is 34.5. The molecule has 0 aromatic heterocycles. The van der Waals surface area contributed by atoms with Crippen LogP contribution in [0.15, 0.2) is 94.2 Å². The van der Waals surface area contributed by atoms with Crippen LogP contribution in [0, 0.1) is 0 Å². The minimum Gasteiger partial charge on any atom is -0.278 e. The van der Waals surface area contributed by atoms with Crippen molar-refractivity contribution in [1.29, 1.82) is 0 Å². The van der Waals surface area contributed by atoms with Crippen molar-refractivity contribution < 1.29 is 87.8 Å². The summed E-state index contributed by atoms with van der Waals surface area (Å²) in [6, 6.07) is 0. The molecule has 0 amide bonds. The van der Waals surface area contributed by atoms with Crippen LogP contribution in [0.5, 0.6) is 0 Å². The Morgan fingerprint density at radius 1 is 0.356 bits per heavy atom. The molecule has 4 aliphatic rings. The summed E-state index contributed by atoms with van der Waals surface area (Å²) in [5, 5.41) is 0. The van der Waals surface area contributed by atoms with Crippen LogP contribution >= 0.6 is 0 Å². The van der Waals surface area contributed by atoms with E-state index in [4.69, 9.17) is 0 Å². The van der Waals surface area contributed by atoms with Crippen molar-refractivity contribution in [3.05, 3.63) is 94.2 Å². The van der Waals surface area contributed by atoms with Gasteiger partial charge in [-0.2, -0.15) is 0 Å². The van der Waals surface area contributed by atoms with Crippen molar-refractivity contribution in [2.45, 2.75) is 47.0 Å². The minimum absolute atomic E-state index is 1.75. The van der Waals surface area contributed by atoms with E-state index in [1.807, 2.05) is 0 Å². The van der Waals surface area contributed by atoms with Crippen molar-refractivity contribution in [3.8, 4) is 0 Å². The van der Waals surface area contributed by atoms with Gasteiger partial charge in [0.1, 0.15) is 0 Å². The zero-order valence-corrected chi connectivity index (χ0v) is 20.8. The monoisotopic (exact) mass is 687 g/mol. The number of hydrogen-bond donors (Lipinski definition) is 0. The second-order valence-corrected chi connectivity index (χ2v) is 10.2. The Labute approximate surface area is 236 Å². The van der Waals surface area contributed by atoms with Gasteiger partial charge in [0, 0.05) is 0 Å². The largest absolute Gasteiger partial charge is 0.278 e. The highest BCUT2D eigenvalue weighted by atomic mass is 19.2. The van der Waals surface area contributed by atoms with Crippen LogP contribution in [0.25, 0.3) is 0 Å². The van der Waals surface area contributed by atoms with E-state index in [1.54, 1.807) is 0 Å². The fourth-order valence-corrected chi connectivity index (χ4v) is 6.41. The maximum atomic E-state index is 17.1. The van der Waals surface area contributed by atoms with Gasteiger partial charge in [0.15, 0.2) is 101 Å². The first-order valence-corrected chi connectivity index (χ1v) is 11.7. The third-order valence-electron chi connectivity index (χ3n) is 8.17. The van der Waals surface area contributed by atoms with Crippen LogP contribution in [0.1, 0.15) is 0 Å². The number of rotatable bonds is 4. The van der Waals surface area contributed by atoms with E-state index in [-0.39, 0.29) is 0 Å². The van der Waals surface area contributed by atoms with Crippen molar-refractivity contribution in [2.75, 3.05) is 0 Å². The Kier molecular flexibility index (Phi) is 7.89.